The van der Waals surface area contributed by atoms with Gasteiger partial charge in [0, 0.05) is 93.3 Å². The second-order valence-corrected chi connectivity index (χ2v) is 30.1. The lowest BCUT2D eigenvalue weighted by Gasteiger charge is -2.19. The zero-order chi connectivity index (χ0) is 83.4. The first-order valence-corrected chi connectivity index (χ1v) is 41.4. The van der Waals surface area contributed by atoms with Gasteiger partial charge in [-0.1, -0.05) is 107 Å². The van der Waals surface area contributed by atoms with E-state index in [4.69, 9.17) is 86.4 Å². The third-order valence-corrected chi connectivity index (χ3v) is 11.8. The summed E-state index contributed by atoms with van der Waals surface area (Å²) in [6.45, 7) is 83.7. The fourth-order valence-electron chi connectivity index (χ4n) is 6.06. The number of hydrogen-bond acceptors (Lipinski definition) is 18. The van der Waals surface area contributed by atoms with Crippen molar-refractivity contribution in [3.8, 4) is 0 Å². The number of aliphatic hydroxyl groups is 3. The smallest absolute Gasteiger partial charge is 0.0745 e. The normalized spacial score (nSPS) is 11.7. The molecule has 2 unspecified atom stereocenters. The Kier molecular flexibility index (Phi) is 138. The minimum atomic E-state index is -0.336. The van der Waals surface area contributed by atoms with Crippen molar-refractivity contribution in [2.45, 2.75) is 431 Å². The zero-order valence-corrected chi connectivity index (χ0v) is 77.3. The summed E-state index contributed by atoms with van der Waals surface area (Å²) in [5, 5.41) is 26.1. The van der Waals surface area contributed by atoms with Crippen molar-refractivity contribution < 1.29 is 86.4 Å². The van der Waals surface area contributed by atoms with Gasteiger partial charge >= 0.3 is 0 Å². The van der Waals surface area contributed by atoms with Crippen molar-refractivity contribution in [3.05, 3.63) is 0 Å². The second-order valence-electron chi connectivity index (χ2n) is 30.1. The summed E-state index contributed by atoms with van der Waals surface area (Å²) < 4.78 is 77.6. The van der Waals surface area contributed by atoms with Gasteiger partial charge in [0.15, 0.2) is 0 Å². The van der Waals surface area contributed by atoms with E-state index in [0.717, 1.165) is 98.2 Å². The lowest BCUT2D eigenvalue weighted by atomic mass is 9.99. The van der Waals surface area contributed by atoms with E-state index in [-0.39, 0.29) is 37.1 Å². The minimum Gasteiger partial charge on any atom is -0.396 e. The molecule has 3 atom stereocenters. The molecule has 0 heterocycles. The van der Waals surface area contributed by atoms with Gasteiger partial charge in [0.2, 0.25) is 0 Å². The second kappa shape index (κ2) is 111. The maximum Gasteiger partial charge on any atom is 0.0745 e. The van der Waals surface area contributed by atoms with Gasteiger partial charge in [-0.15, -0.1) is 0 Å². The molecule has 0 aromatic rings. The van der Waals surface area contributed by atoms with Crippen molar-refractivity contribution in [2.75, 3.05) is 127 Å². The zero-order valence-electron chi connectivity index (χ0n) is 77.3. The standard InChI is InChI=1S/C9H20O.2C8H18O2.2C8H18O.C7H16O2.2C7H16O.3C6H14O2.C6H14O/c1-4-5-6-7-8-10-9(2)3;1-8(2)10-7-5-4-6-9-3;1-4-8(5-9)6-10-7(2)3;1-7(2)9-6-8(3,4)5;1-4-5-6-7-9-8(2)3;1-7(2)9-6-4-5-8-3;2*1-4-5-6-8-7(2)3;1-6(2)8-5-4-7-3;2*1-5(2)8-4-6(3)7;1-4-5-7-6(2)3/h9H,4-8H2,1-3H3;8H,4-7H2,1-3H3;7-9H,4-6H2,1-3H3;7H,6H2,1-5H3;8H,4-7H2,1-3H3;7H,4-6H2,1-3H3;2*7H,4-6H2,1-3H3;6H,4-5H2,1-3H3;2*5-7H,4H2,1-3H3;6H,4-5H2,1-3H3/t;;;;;;;;;6-;;/m.........1../s1. The van der Waals surface area contributed by atoms with E-state index in [2.05, 4.69) is 159 Å². The van der Waals surface area contributed by atoms with Crippen LogP contribution in [0.1, 0.15) is 345 Å². The summed E-state index contributed by atoms with van der Waals surface area (Å²) in [5.74, 6) is 0.322. The van der Waals surface area contributed by atoms with Crippen LogP contribution >= 0.6 is 0 Å². The van der Waals surface area contributed by atoms with Crippen LogP contribution in [0.2, 0.25) is 0 Å². The van der Waals surface area contributed by atoms with Crippen LogP contribution in [0.4, 0.5) is 0 Å². The third-order valence-electron chi connectivity index (χ3n) is 11.8. The fraction of sp³-hybridized carbons (Fsp3) is 1.00. The van der Waals surface area contributed by atoms with Gasteiger partial charge in [-0.2, -0.15) is 0 Å². The molecule has 0 aliphatic rings. The Morgan fingerprint density at radius 1 is 0.240 bits per heavy atom. The highest BCUT2D eigenvalue weighted by molar-refractivity contribution is 4.59. The number of hydrogen-bond donors (Lipinski definition) is 3. The molecule has 0 saturated heterocycles. The highest BCUT2D eigenvalue weighted by Gasteiger charge is 2.10. The molecule has 0 spiro atoms. The Balaban J connectivity index is -0.0000000889. The molecule has 0 amide bonds. The van der Waals surface area contributed by atoms with Crippen LogP contribution in [-0.2, 0) is 71.1 Å². The predicted octanol–water partition coefficient (Wildman–Crippen LogP) is 21.7. The molecule has 0 saturated carbocycles. The summed E-state index contributed by atoms with van der Waals surface area (Å²) in [6.07, 6.45) is 22.6. The van der Waals surface area contributed by atoms with E-state index in [9.17, 15) is 0 Å². The lowest BCUT2D eigenvalue weighted by Crippen LogP contribution is -2.17. The lowest BCUT2D eigenvalue weighted by molar-refractivity contribution is 0.0134. The average molecular weight is 1520 g/mol. The molecule has 648 valence electrons. The third kappa shape index (κ3) is 212. The summed E-state index contributed by atoms with van der Waals surface area (Å²) in [7, 11) is 5.10. The molecule has 0 fully saturated rings. The van der Waals surface area contributed by atoms with E-state index in [0.29, 0.717) is 99.3 Å². The summed E-state index contributed by atoms with van der Waals surface area (Å²) >= 11 is 0. The average Bonchev–Trinajstić information content (AvgIpc) is 2.69. The topological polar surface area (TPSA) is 199 Å². The Labute approximate surface area is 652 Å². The first-order valence-electron chi connectivity index (χ1n) is 41.4. The number of aliphatic hydroxyl groups excluding tert-OH is 3. The predicted molar refractivity (Wildman–Crippen MR) is 450 cm³/mol. The Bertz CT molecular complexity index is 1220. The molecule has 0 bridgehead atoms. The highest BCUT2D eigenvalue weighted by Crippen LogP contribution is 2.14. The van der Waals surface area contributed by atoms with E-state index < -0.39 is 0 Å². The summed E-state index contributed by atoms with van der Waals surface area (Å²) in [6, 6.07) is 0. The molecule has 0 aromatic carbocycles. The van der Waals surface area contributed by atoms with Crippen LogP contribution < -0.4 is 0 Å². The van der Waals surface area contributed by atoms with Crippen LogP contribution in [0.3, 0.4) is 0 Å². The van der Waals surface area contributed by atoms with E-state index in [1.165, 1.54) is 70.6 Å². The number of ether oxygens (including phenoxy) is 15. The molecular formula is C86H196O18. The van der Waals surface area contributed by atoms with Crippen molar-refractivity contribution in [3.63, 3.8) is 0 Å². The maximum absolute atomic E-state index is 8.76. The van der Waals surface area contributed by atoms with Gasteiger partial charge in [0.25, 0.3) is 0 Å². The highest BCUT2D eigenvalue weighted by atomic mass is 16.5. The van der Waals surface area contributed by atoms with Crippen LogP contribution in [0.25, 0.3) is 0 Å². The molecule has 0 aliphatic carbocycles. The van der Waals surface area contributed by atoms with E-state index >= 15 is 0 Å². The van der Waals surface area contributed by atoms with Gasteiger partial charge in [0.1, 0.15) is 0 Å². The number of unbranched alkanes of at least 4 members (excludes halogenated alkanes) is 8. The Morgan fingerprint density at radius 2 is 0.481 bits per heavy atom. The molecule has 104 heavy (non-hydrogen) atoms. The first-order chi connectivity index (χ1) is 48.5. The van der Waals surface area contributed by atoms with Crippen molar-refractivity contribution in [1.29, 1.82) is 0 Å². The van der Waals surface area contributed by atoms with Crippen molar-refractivity contribution in [1.82, 2.24) is 0 Å². The molecule has 18 heteroatoms. The monoisotopic (exact) mass is 1520 g/mol. The summed E-state index contributed by atoms with van der Waals surface area (Å²) in [5.41, 5.74) is 0.310. The molecular weight excluding hydrogens is 1320 g/mol. The van der Waals surface area contributed by atoms with Gasteiger partial charge < -0.3 is 86.4 Å². The van der Waals surface area contributed by atoms with E-state index in [1.807, 2.05) is 69.2 Å². The number of methoxy groups -OCH3 is 3. The van der Waals surface area contributed by atoms with Gasteiger partial charge in [-0.05, 0) is 243 Å². The molecule has 0 aromatic heterocycles. The Morgan fingerprint density at radius 3 is 0.712 bits per heavy atom. The van der Waals surface area contributed by atoms with E-state index in [1.54, 1.807) is 35.2 Å². The SMILES string of the molecule is CC(C)OCC(C)(C)C.CC(C)OC[C@@H](C)O.CC(O)COC(C)C.CCC(CO)COC(C)C.CCCCCCOC(C)C.CCCCCOC(C)C.CCCCOC(C)C.CCCCOC(C)C.CCCOC(C)C.COCCCCOC(C)C.COCCCOC(C)C.COCCOC(C)C. The van der Waals surface area contributed by atoms with Crippen LogP contribution in [0, 0.1) is 11.3 Å². The van der Waals surface area contributed by atoms with Crippen LogP contribution in [0.5, 0.6) is 0 Å². The molecule has 0 radical (unpaired) electrons. The Hall–Kier alpha value is -0.720. The van der Waals surface area contributed by atoms with Gasteiger partial charge in [-0.3, -0.25) is 0 Å². The van der Waals surface area contributed by atoms with Gasteiger partial charge in [0.05, 0.1) is 125 Å². The molecule has 0 aliphatic heterocycles. The quantitative estimate of drug-likeness (QED) is 0.0485. The molecule has 18 nitrogen and oxygen atoms in total. The van der Waals surface area contributed by atoms with Gasteiger partial charge in [-0.25, -0.2) is 0 Å². The fourth-order valence-corrected chi connectivity index (χ4v) is 6.06. The molecule has 3 N–H and O–H groups in total. The minimum absolute atomic E-state index is 0.226. The maximum atomic E-state index is 8.76. The van der Waals surface area contributed by atoms with Crippen molar-refractivity contribution in [2.24, 2.45) is 11.3 Å². The molecule has 0 rings (SSSR count). The van der Waals surface area contributed by atoms with Crippen LogP contribution in [0.15, 0.2) is 0 Å². The van der Waals surface area contributed by atoms with Crippen molar-refractivity contribution >= 4 is 0 Å². The van der Waals surface area contributed by atoms with Crippen LogP contribution in [-0.4, -0.2) is 228 Å². The first kappa shape index (κ1) is 130. The largest absolute Gasteiger partial charge is 0.396 e. The summed E-state index contributed by atoms with van der Waals surface area (Å²) in [4.78, 5) is 0. The number of rotatable bonds is 50.